The molecule has 0 spiro atoms. The Hall–Kier alpha value is -2.28. The van der Waals surface area contributed by atoms with Crippen LogP contribution in [-0.2, 0) is 0 Å². The van der Waals surface area contributed by atoms with Crippen molar-refractivity contribution in [2.75, 3.05) is 0 Å². The molecule has 0 radical (unpaired) electrons. The highest BCUT2D eigenvalue weighted by molar-refractivity contribution is 6.22. The predicted molar refractivity (Wildman–Crippen MR) is 51.0 cm³/mol. The molecule has 0 heterocycles. The van der Waals surface area contributed by atoms with Crippen LogP contribution < -0.4 is 0 Å². The summed E-state index contributed by atoms with van der Waals surface area (Å²) in [5, 5.41) is 0. The summed E-state index contributed by atoms with van der Waals surface area (Å²) in [5.74, 6) is 0. The van der Waals surface area contributed by atoms with Gasteiger partial charge in [0.25, 0.3) is 0 Å². The topological polar surface area (TPSA) is 72.8 Å². The molecule has 0 aromatic heterocycles. The Morgan fingerprint density at radius 2 is 1.21 bits per heavy atom. The van der Waals surface area contributed by atoms with Gasteiger partial charge in [0.15, 0.2) is 0 Å². The molecule has 66 valence electrons. The zero-order chi connectivity index (χ0) is 9.97. The van der Waals surface area contributed by atoms with Gasteiger partial charge in [0.2, 0.25) is 0 Å². The van der Waals surface area contributed by atoms with Gasteiger partial charge in [-0.05, 0) is 12.1 Å². The number of allylic oxidation sites excluding steroid dienone is 2. The van der Waals surface area contributed by atoms with Crippen molar-refractivity contribution in [2.24, 2.45) is 0 Å². The average molecular weight is 182 g/mol. The lowest BCUT2D eigenvalue weighted by Gasteiger charge is -2.01. The maximum absolute atomic E-state index is 8.73. The molecule has 0 saturated carbocycles. The Morgan fingerprint density at radius 1 is 0.786 bits per heavy atom. The maximum atomic E-state index is 8.73. The van der Waals surface area contributed by atoms with Gasteiger partial charge in [-0.3, -0.25) is 0 Å². The third-order valence-corrected chi connectivity index (χ3v) is 2.09. The molecule has 0 fully saturated rings. The van der Waals surface area contributed by atoms with Crippen molar-refractivity contribution >= 4 is 11.4 Å². The Balaban J connectivity index is 2.80. The van der Waals surface area contributed by atoms with Gasteiger partial charge < -0.3 is 11.1 Å². The van der Waals surface area contributed by atoms with Crippen molar-refractivity contribution in [3.63, 3.8) is 0 Å². The molecule has 4 heteroatoms. The maximum Gasteiger partial charge on any atom is 0.323 e. The van der Waals surface area contributed by atoms with Gasteiger partial charge >= 0.3 is 11.4 Å². The molecule has 1 aromatic rings. The van der Waals surface area contributed by atoms with Crippen LogP contribution >= 0.6 is 0 Å². The second-order valence-electron chi connectivity index (χ2n) is 2.85. The summed E-state index contributed by atoms with van der Waals surface area (Å²) in [5.41, 5.74) is 19.9. The second kappa shape index (κ2) is 3.23. The Bertz CT molecular complexity index is 468. The Labute approximate surface area is 80.4 Å². The van der Waals surface area contributed by atoms with Gasteiger partial charge in [-0.25, -0.2) is 0 Å². The lowest BCUT2D eigenvalue weighted by Crippen LogP contribution is -2.14. The molecule has 0 unspecified atom stereocenters. The minimum atomic E-state index is 0.466. The summed E-state index contributed by atoms with van der Waals surface area (Å²) in [6, 6.07) is 7.27. The molecule has 4 nitrogen and oxygen atoms in total. The van der Waals surface area contributed by atoms with Crippen LogP contribution in [-0.4, -0.2) is 21.0 Å². The Kier molecular flexibility index (Phi) is 1.92. The summed E-state index contributed by atoms with van der Waals surface area (Å²) in [6.45, 7) is 0. The zero-order valence-electron chi connectivity index (χ0n) is 7.25. The fourth-order valence-electron chi connectivity index (χ4n) is 1.44. The first-order chi connectivity index (χ1) is 6.86. The molecule has 2 rings (SSSR count). The SMILES string of the molecule is [N-]=[N+]=C1C=CC(=[N+]=[N-])c2ccccc21. The van der Waals surface area contributed by atoms with Gasteiger partial charge in [-0.2, -0.15) is 9.58 Å². The van der Waals surface area contributed by atoms with Crippen LogP contribution in [0.2, 0.25) is 0 Å². The monoisotopic (exact) mass is 182 g/mol. The highest BCUT2D eigenvalue weighted by Crippen LogP contribution is 2.15. The first kappa shape index (κ1) is 8.32. The molecule has 0 atom stereocenters. The van der Waals surface area contributed by atoms with E-state index in [1.165, 1.54) is 0 Å². The minimum Gasteiger partial charge on any atom is -0.361 e. The quantitative estimate of drug-likeness (QED) is 0.428. The van der Waals surface area contributed by atoms with E-state index in [0.29, 0.717) is 11.4 Å². The number of hydrogen-bond donors (Lipinski definition) is 0. The minimum absolute atomic E-state index is 0.466. The van der Waals surface area contributed by atoms with Crippen LogP contribution in [0.4, 0.5) is 0 Å². The molecule has 1 aromatic carbocycles. The number of hydrogen-bond acceptors (Lipinski definition) is 0. The lowest BCUT2D eigenvalue weighted by molar-refractivity contribution is -0.00598. The van der Waals surface area contributed by atoms with Crippen LogP contribution in [0.15, 0.2) is 36.4 Å². The molecule has 0 saturated heterocycles. The first-order valence-corrected chi connectivity index (χ1v) is 4.09. The number of nitrogens with zero attached hydrogens (tertiary/aromatic N) is 4. The van der Waals surface area contributed by atoms with E-state index < -0.39 is 0 Å². The van der Waals surface area contributed by atoms with Crippen molar-refractivity contribution in [3.05, 3.63) is 58.6 Å². The lowest BCUT2D eigenvalue weighted by atomic mass is 9.94. The van der Waals surface area contributed by atoms with Crippen molar-refractivity contribution in [3.8, 4) is 0 Å². The molecule has 14 heavy (non-hydrogen) atoms. The molecule has 0 N–H and O–H groups in total. The Morgan fingerprint density at radius 3 is 1.57 bits per heavy atom. The molecule has 1 aliphatic rings. The van der Waals surface area contributed by atoms with Crippen LogP contribution in [0.1, 0.15) is 11.1 Å². The van der Waals surface area contributed by atoms with E-state index in [9.17, 15) is 0 Å². The number of benzene rings is 1. The van der Waals surface area contributed by atoms with Crippen molar-refractivity contribution in [1.82, 2.24) is 0 Å². The second-order valence-corrected chi connectivity index (χ2v) is 2.85. The van der Waals surface area contributed by atoms with E-state index >= 15 is 0 Å². The van der Waals surface area contributed by atoms with E-state index in [2.05, 4.69) is 9.58 Å². The fourth-order valence-corrected chi connectivity index (χ4v) is 1.44. The van der Waals surface area contributed by atoms with Gasteiger partial charge in [-0.1, -0.05) is 12.1 Å². The van der Waals surface area contributed by atoms with Crippen molar-refractivity contribution in [2.45, 2.75) is 0 Å². The van der Waals surface area contributed by atoms with Crippen LogP contribution in [0.3, 0.4) is 0 Å². The van der Waals surface area contributed by atoms with Gasteiger partial charge in [0.05, 0.1) is 11.1 Å². The van der Waals surface area contributed by atoms with E-state index in [-0.39, 0.29) is 0 Å². The highest BCUT2D eigenvalue weighted by Gasteiger charge is 2.25. The van der Waals surface area contributed by atoms with Crippen LogP contribution in [0.5, 0.6) is 0 Å². The standard InChI is InChI=1S/C10H6N4/c11-13-9-5-6-10(14-12)8-4-2-1-3-7(8)9/h1-6H. The molecule has 0 bridgehead atoms. The van der Waals surface area contributed by atoms with Crippen molar-refractivity contribution in [1.29, 1.82) is 0 Å². The fraction of sp³-hybridized carbons (Fsp3) is 0. The number of rotatable bonds is 0. The predicted octanol–water partition coefficient (Wildman–Crippen LogP) is 1.29. The molecular weight excluding hydrogens is 176 g/mol. The highest BCUT2D eigenvalue weighted by atomic mass is 14.9. The first-order valence-electron chi connectivity index (χ1n) is 4.09. The smallest absolute Gasteiger partial charge is 0.323 e. The van der Waals surface area contributed by atoms with Crippen molar-refractivity contribution < 1.29 is 9.58 Å². The van der Waals surface area contributed by atoms with E-state index in [0.717, 1.165) is 11.1 Å². The molecule has 1 aliphatic carbocycles. The molecule has 0 amide bonds. The summed E-state index contributed by atoms with van der Waals surface area (Å²) >= 11 is 0. The zero-order valence-corrected chi connectivity index (χ0v) is 7.25. The normalized spacial score (nSPS) is 13.1. The van der Waals surface area contributed by atoms with E-state index in [4.69, 9.17) is 11.1 Å². The number of fused-ring (bicyclic) bond motifs is 1. The third-order valence-electron chi connectivity index (χ3n) is 2.09. The summed E-state index contributed by atoms with van der Waals surface area (Å²) < 4.78 is 0. The third kappa shape index (κ3) is 1.12. The van der Waals surface area contributed by atoms with E-state index in [1.54, 1.807) is 24.3 Å². The van der Waals surface area contributed by atoms with Gasteiger partial charge in [0, 0.05) is 12.2 Å². The molecular formula is C10H6N4. The average Bonchev–Trinajstić information content (AvgIpc) is 2.27. The van der Waals surface area contributed by atoms with Crippen LogP contribution in [0.25, 0.3) is 11.1 Å². The summed E-state index contributed by atoms with van der Waals surface area (Å²) in [7, 11) is 0. The van der Waals surface area contributed by atoms with Gasteiger partial charge in [0.1, 0.15) is 0 Å². The molecule has 0 aliphatic heterocycles. The van der Waals surface area contributed by atoms with Crippen LogP contribution in [0, 0.1) is 0 Å². The largest absolute Gasteiger partial charge is 0.361 e. The summed E-state index contributed by atoms with van der Waals surface area (Å²) in [4.78, 5) is 6.30. The van der Waals surface area contributed by atoms with E-state index in [1.807, 2.05) is 12.1 Å². The summed E-state index contributed by atoms with van der Waals surface area (Å²) in [6.07, 6.45) is 3.19. The van der Waals surface area contributed by atoms with Gasteiger partial charge in [-0.15, -0.1) is 0 Å².